The molecule has 0 atom stereocenters. The first-order chi connectivity index (χ1) is 9.35. The van der Waals surface area contributed by atoms with Gasteiger partial charge in [0.25, 0.3) is 0 Å². The van der Waals surface area contributed by atoms with E-state index in [1.807, 2.05) is 43.8 Å². The SMILES string of the molecule is CCc1nccn1-c1nc2ccccn2c1CNC. The molecule has 0 saturated heterocycles. The summed E-state index contributed by atoms with van der Waals surface area (Å²) < 4.78 is 4.19. The van der Waals surface area contributed by atoms with Gasteiger partial charge in [-0.05, 0) is 19.2 Å². The highest BCUT2D eigenvalue weighted by Crippen LogP contribution is 2.18. The highest BCUT2D eigenvalue weighted by atomic mass is 15.2. The Bertz CT molecular complexity index is 695. The molecule has 3 aromatic rings. The molecule has 3 rings (SSSR count). The lowest BCUT2D eigenvalue weighted by Crippen LogP contribution is -2.11. The van der Waals surface area contributed by atoms with Crippen molar-refractivity contribution in [2.24, 2.45) is 0 Å². The van der Waals surface area contributed by atoms with E-state index in [9.17, 15) is 0 Å². The summed E-state index contributed by atoms with van der Waals surface area (Å²) in [5.41, 5.74) is 2.10. The number of pyridine rings is 1. The smallest absolute Gasteiger partial charge is 0.161 e. The molecule has 0 bridgehead atoms. The first-order valence-corrected chi connectivity index (χ1v) is 6.48. The van der Waals surface area contributed by atoms with Crippen LogP contribution in [0.3, 0.4) is 0 Å². The Labute approximate surface area is 111 Å². The Balaban J connectivity index is 2.25. The molecule has 0 aliphatic heterocycles. The number of hydrogen-bond donors (Lipinski definition) is 1. The van der Waals surface area contributed by atoms with E-state index in [0.29, 0.717) is 0 Å². The number of aryl methyl sites for hydroxylation is 1. The van der Waals surface area contributed by atoms with Gasteiger partial charge in [-0.1, -0.05) is 13.0 Å². The molecular formula is C14H17N5. The van der Waals surface area contributed by atoms with Gasteiger partial charge in [0.15, 0.2) is 5.82 Å². The van der Waals surface area contributed by atoms with Crippen LogP contribution in [-0.4, -0.2) is 26.0 Å². The van der Waals surface area contributed by atoms with Crippen LogP contribution in [0.25, 0.3) is 11.5 Å². The van der Waals surface area contributed by atoms with Crippen LogP contribution in [-0.2, 0) is 13.0 Å². The van der Waals surface area contributed by atoms with Gasteiger partial charge in [-0.2, -0.15) is 0 Å². The maximum absolute atomic E-state index is 4.73. The lowest BCUT2D eigenvalue weighted by molar-refractivity contribution is 0.763. The molecule has 98 valence electrons. The van der Waals surface area contributed by atoms with Gasteiger partial charge < -0.3 is 9.72 Å². The molecule has 5 heteroatoms. The van der Waals surface area contributed by atoms with Crippen molar-refractivity contribution in [3.8, 4) is 5.82 Å². The number of nitrogens with zero attached hydrogens (tertiary/aromatic N) is 4. The average molecular weight is 255 g/mol. The third-order valence-electron chi connectivity index (χ3n) is 3.21. The largest absolute Gasteiger partial charge is 0.314 e. The Morgan fingerprint density at radius 1 is 1.26 bits per heavy atom. The predicted octanol–water partition coefficient (Wildman–Crippen LogP) is 1.80. The predicted molar refractivity (Wildman–Crippen MR) is 74.5 cm³/mol. The normalized spacial score (nSPS) is 11.3. The molecule has 0 spiro atoms. The third kappa shape index (κ3) is 1.92. The minimum absolute atomic E-state index is 0.766. The van der Waals surface area contributed by atoms with Gasteiger partial charge in [-0.25, -0.2) is 9.97 Å². The van der Waals surface area contributed by atoms with Crippen LogP contribution in [0.2, 0.25) is 0 Å². The Morgan fingerprint density at radius 3 is 2.95 bits per heavy atom. The fourth-order valence-electron chi connectivity index (χ4n) is 2.35. The van der Waals surface area contributed by atoms with E-state index in [1.165, 1.54) is 0 Å². The van der Waals surface area contributed by atoms with Crippen LogP contribution in [0.1, 0.15) is 18.4 Å². The first-order valence-electron chi connectivity index (χ1n) is 6.48. The lowest BCUT2D eigenvalue weighted by atomic mass is 10.3. The summed E-state index contributed by atoms with van der Waals surface area (Å²) in [5, 5.41) is 3.21. The van der Waals surface area contributed by atoms with Crippen molar-refractivity contribution in [1.82, 2.24) is 24.3 Å². The minimum atomic E-state index is 0.766. The zero-order valence-electron chi connectivity index (χ0n) is 11.2. The van der Waals surface area contributed by atoms with E-state index in [0.717, 1.165) is 35.9 Å². The zero-order valence-corrected chi connectivity index (χ0v) is 11.2. The number of aromatic nitrogens is 4. The highest BCUT2D eigenvalue weighted by Gasteiger charge is 2.14. The topological polar surface area (TPSA) is 47.2 Å². The van der Waals surface area contributed by atoms with Gasteiger partial charge >= 0.3 is 0 Å². The molecule has 0 unspecified atom stereocenters. The molecule has 5 nitrogen and oxygen atoms in total. The molecule has 19 heavy (non-hydrogen) atoms. The molecule has 0 amide bonds. The van der Waals surface area contributed by atoms with E-state index < -0.39 is 0 Å². The van der Waals surface area contributed by atoms with Crippen molar-refractivity contribution < 1.29 is 0 Å². The summed E-state index contributed by atoms with van der Waals surface area (Å²) in [4.78, 5) is 9.10. The summed E-state index contributed by atoms with van der Waals surface area (Å²) in [5.74, 6) is 1.98. The van der Waals surface area contributed by atoms with E-state index in [-0.39, 0.29) is 0 Å². The number of rotatable bonds is 4. The second kappa shape index (κ2) is 4.85. The van der Waals surface area contributed by atoms with Gasteiger partial charge in [-0.3, -0.25) is 4.57 Å². The fraction of sp³-hybridized carbons (Fsp3) is 0.286. The third-order valence-corrected chi connectivity index (χ3v) is 3.21. The van der Waals surface area contributed by atoms with Crippen LogP contribution in [0.15, 0.2) is 36.8 Å². The Kier molecular flexibility index (Phi) is 3.05. The summed E-state index contributed by atoms with van der Waals surface area (Å²) >= 11 is 0. The van der Waals surface area contributed by atoms with Crippen LogP contribution in [0.4, 0.5) is 0 Å². The van der Waals surface area contributed by atoms with Gasteiger partial charge in [-0.15, -0.1) is 0 Å². The summed E-state index contributed by atoms with van der Waals surface area (Å²) in [6.07, 6.45) is 6.73. The van der Waals surface area contributed by atoms with Crippen molar-refractivity contribution in [2.45, 2.75) is 19.9 Å². The molecule has 1 N–H and O–H groups in total. The number of hydrogen-bond acceptors (Lipinski definition) is 3. The van der Waals surface area contributed by atoms with Crippen LogP contribution >= 0.6 is 0 Å². The molecule has 3 heterocycles. The molecule has 3 aromatic heterocycles. The second-order valence-corrected chi connectivity index (χ2v) is 4.41. The monoisotopic (exact) mass is 255 g/mol. The summed E-state index contributed by atoms with van der Waals surface area (Å²) in [6, 6.07) is 6.04. The quantitative estimate of drug-likeness (QED) is 0.773. The van der Waals surface area contributed by atoms with Crippen molar-refractivity contribution in [3.05, 3.63) is 48.3 Å². The molecular weight excluding hydrogens is 238 g/mol. The number of fused-ring (bicyclic) bond motifs is 1. The van der Waals surface area contributed by atoms with Gasteiger partial charge in [0.2, 0.25) is 0 Å². The maximum Gasteiger partial charge on any atom is 0.161 e. The summed E-state index contributed by atoms with van der Waals surface area (Å²) in [7, 11) is 1.95. The molecule has 0 radical (unpaired) electrons. The Hall–Kier alpha value is -2.14. The summed E-state index contributed by atoms with van der Waals surface area (Å²) in [6.45, 7) is 2.87. The number of imidazole rings is 2. The molecule has 0 fully saturated rings. The highest BCUT2D eigenvalue weighted by molar-refractivity contribution is 5.49. The van der Waals surface area contributed by atoms with Gasteiger partial charge in [0.05, 0.1) is 5.69 Å². The van der Waals surface area contributed by atoms with Crippen LogP contribution in [0, 0.1) is 0 Å². The molecule has 0 aliphatic carbocycles. The molecule has 0 aliphatic rings. The van der Waals surface area contributed by atoms with E-state index >= 15 is 0 Å². The molecule has 0 saturated carbocycles. The van der Waals surface area contributed by atoms with Gasteiger partial charge in [0, 0.05) is 31.6 Å². The van der Waals surface area contributed by atoms with Crippen molar-refractivity contribution in [3.63, 3.8) is 0 Å². The van der Waals surface area contributed by atoms with Crippen molar-refractivity contribution in [1.29, 1.82) is 0 Å². The van der Waals surface area contributed by atoms with E-state index in [4.69, 9.17) is 4.98 Å². The van der Waals surface area contributed by atoms with Crippen molar-refractivity contribution in [2.75, 3.05) is 7.05 Å². The van der Waals surface area contributed by atoms with E-state index in [2.05, 4.69) is 26.2 Å². The minimum Gasteiger partial charge on any atom is -0.314 e. The van der Waals surface area contributed by atoms with Crippen molar-refractivity contribution >= 4 is 5.65 Å². The number of nitrogens with one attached hydrogen (secondary N) is 1. The standard InChI is InChI=1S/C14H17N5/c1-3-12-16-7-9-19(12)14-11(10-15-2)18-8-5-4-6-13(18)17-14/h4-9,15H,3,10H2,1-2H3. The zero-order chi connectivity index (χ0) is 13.2. The molecule has 0 aromatic carbocycles. The van der Waals surface area contributed by atoms with Gasteiger partial charge in [0.1, 0.15) is 11.5 Å². The maximum atomic E-state index is 4.73. The lowest BCUT2D eigenvalue weighted by Gasteiger charge is -2.07. The first kappa shape index (κ1) is 11.9. The average Bonchev–Trinajstić information content (AvgIpc) is 3.03. The van der Waals surface area contributed by atoms with Crippen LogP contribution in [0.5, 0.6) is 0 Å². The van der Waals surface area contributed by atoms with Crippen LogP contribution < -0.4 is 5.32 Å². The Morgan fingerprint density at radius 2 is 2.16 bits per heavy atom. The van der Waals surface area contributed by atoms with E-state index in [1.54, 1.807) is 0 Å². The second-order valence-electron chi connectivity index (χ2n) is 4.41. The fourth-order valence-corrected chi connectivity index (χ4v) is 2.35.